The number of halogens is 1. The highest BCUT2D eigenvalue weighted by atomic mass is 35.5. The van der Waals surface area contributed by atoms with Gasteiger partial charge in [0.1, 0.15) is 24.0 Å². The highest BCUT2D eigenvalue weighted by molar-refractivity contribution is 6.30. The van der Waals surface area contributed by atoms with Crippen LogP contribution in [-0.4, -0.2) is 19.0 Å². The van der Waals surface area contributed by atoms with Crippen LogP contribution in [0, 0.1) is 11.3 Å². The molecule has 6 nitrogen and oxygen atoms in total. The number of hydrogen-bond donors (Lipinski definition) is 1. The number of anilines is 1. The molecule has 0 unspecified atom stereocenters. The summed E-state index contributed by atoms with van der Waals surface area (Å²) in [5.41, 5.74) is 2.42. The van der Waals surface area contributed by atoms with Crippen LogP contribution in [0.1, 0.15) is 21.5 Å². The maximum absolute atomic E-state index is 12.4. The van der Waals surface area contributed by atoms with Crippen molar-refractivity contribution in [3.63, 3.8) is 0 Å². The number of carbonyl (C=O) groups is 2. The fourth-order valence-electron chi connectivity index (χ4n) is 2.73. The molecule has 0 bridgehead atoms. The van der Waals surface area contributed by atoms with E-state index in [1.54, 1.807) is 48.5 Å². The molecule has 0 atom stereocenters. The van der Waals surface area contributed by atoms with E-state index in [9.17, 15) is 14.9 Å². The van der Waals surface area contributed by atoms with Crippen LogP contribution in [0.4, 0.5) is 5.69 Å². The maximum Gasteiger partial charge on any atom is 0.337 e. The van der Waals surface area contributed by atoms with E-state index in [-0.39, 0.29) is 5.57 Å². The monoisotopic (exact) mass is 446 g/mol. The van der Waals surface area contributed by atoms with Crippen LogP contribution in [0.25, 0.3) is 6.08 Å². The average Bonchev–Trinajstić information content (AvgIpc) is 2.82. The standard InChI is InChI=1S/C25H19ClN2O4/c1-31-25(30)19-6-10-22(11-7-19)28-24(29)20(15-27)14-17-4-12-23(13-5-17)32-16-18-2-8-21(26)9-3-18/h2-14H,16H2,1H3,(H,28,29)/b20-14+. The number of hydrogen-bond acceptors (Lipinski definition) is 5. The number of ether oxygens (including phenoxy) is 2. The first kappa shape index (κ1) is 22.6. The third-order valence-corrected chi connectivity index (χ3v) is 4.69. The minimum atomic E-state index is -0.554. The van der Waals surface area contributed by atoms with Gasteiger partial charge in [-0.2, -0.15) is 5.26 Å². The van der Waals surface area contributed by atoms with E-state index in [2.05, 4.69) is 10.1 Å². The summed E-state index contributed by atoms with van der Waals surface area (Å²) in [6, 6.07) is 22.5. The van der Waals surface area contributed by atoms with Crippen molar-refractivity contribution < 1.29 is 19.1 Å². The van der Waals surface area contributed by atoms with Gasteiger partial charge in [-0.1, -0.05) is 35.9 Å². The molecule has 0 aliphatic carbocycles. The molecule has 0 aliphatic rings. The summed E-state index contributed by atoms with van der Waals surface area (Å²) in [5.74, 6) is -0.367. The Morgan fingerprint density at radius 3 is 2.25 bits per heavy atom. The molecule has 3 rings (SSSR count). The van der Waals surface area contributed by atoms with E-state index >= 15 is 0 Å². The van der Waals surface area contributed by atoms with Gasteiger partial charge in [-0.3, -0.25) is 4.79 Å². The van der Waals surface area contributed by atoms with Crippen LogP contribution < -0.4 is 10.1 Å². The minimum absolute atomic E-state index is 0.0584. The summed E-state index contributed by atoms with van der Waals surface area (Å²) in [7, 11) is 1.29. The fourth-order valence-corrected chi connectivity index (χ4v) is 2.85. The van der Waals surface area contributed by atoms with Gasteiger partial charge in [0.05, 0.1) is 12.7 Å². The van der Waals surface area contributed by atoms with Gasteiger partial charge in [-0.25, -0.2) is 4.79 Å². The molecular weight excluding hydrogens is 428 g/mol. The number of benzene rings is 3. The molecule has 1 amide bonds. The normalized spacial score (nSPS) is 10.7. The molecular formula is C25H19ClN2O4. The predicted octanol–water partition coefficient (Wildman–Crippen LogP) is 5.25. The Morgan fingerprint density at radius 2 is 1.66 bits per heavy atom. The molecule has 0 saturated carbocycles. The average molecular weight is 447 g/mol. The summed E-state index contributed by atoms with van der Waals surface area (Å²) < 4.78 is 10.4. The van der Waals surface area contributed by atoms with Crippen molar-refractivity contribution in [2.45, 2.75) is 6.61 Å². The van der Waals surface area contributed by atoms with Crippen molar-refractivity contribution >= 4 is 35.2 Å². The zero-order valence-electron chi connectivity index (χ0n) is 17.2. The van der Waals surface area contributed by atoms with Crippen LogP contribution in [-0.2, 0) is 16.1 Å². The van der Waals surface area contributed by atoms with Crippen molar-refractivity contribution in [1.29, 1.82) is 5.26 Å². The van der Waals surface area contributed by atoms with E-state index in [1.165, 1.54) is 25.3 Å². The molecule has 160 valence electrons. The largest absolute Gasteiger partial charge is 0.489 e. The van der Waals surface area contributed by atoms with Crippen molar-refractivity contribution in [3.05, 3.63) is 100 Å². The lowest BCUT2D eigenvalue weighted by molar-refractivity contribution is -0.112. The predicted molar refractivity (Wildman–Crippen MR) is 122 cm³/mol. The summed E-state index contributed by atoms with van der Waals surface area (Å²) >= 11 is 5.88. The van der Waals surface area contributed by atoms with Crippen LogP contribution in [0.5, 0.6) is 5.75 Å². The molecule has 3 aromatic carbocycles. The second-order valence-corrected chi connectivity index (χ2v) is 7.11. The third-order valence-electron chi connectivity index (χ3n) is 4.44. The van der Waals surface area contributed by atoms with Crippen LogP contribution in [0.15, 0.2) is 78.4 Å². The first-order valence-corrected chi connectivity index (χ1v) is 9.95. The number of carbonyl (C=O) groups excluding carboxylic acids is 2. The second-order valence-electron chi connectivity index (χ2n) is 6.68. The van der Waals surface area contributed by atoms with E-state index in [0.29, 0.717) is 34.2 Å². The van der Waals surface area contributed by atoms with Crippen molar-refractivity contribution in [1.82, 2.24) is 0 Å². The molecule has 0 aliphatic heterocycles. The fraction of sp³-hybridized carbons (Fsp3) is 0.0800. The van der Waals surface area contributed by atoms with Crippen molar-refractivity contribution in [2.24, 2.45) is 0 Å². The van der Waals surface area contributed by atoms with E-state index in [4.69, 9.17) is 16.3 Å². The van der Waals surface area contributed by atoms with Gasteiger partial charge in [0.15, 0.2) is 0 Å². The third kappa shape index (κ3) is 6.21. The first-order valence-electron chi connectivity index (χ1n) is 9.57. The van der Waals surface area contributed by atoms with Gasteiger partial charge in [-0.15, -0.1) is 0 Å². The number of nitriles is 1. The molecule has 7 heteroatoms. The topological polar surface area (TPSA) is 88.4 Å². The van der Waals surface area contributed by atoms with Gasteiger partial charge in [0.25, 0.3) is 5.91 Å². The van der Waals surface area contributed by atoms with Gasteiger partial charge < -0.3 is 14.8 Å². The smallest absolute Gasteiger partial charge is 0.337 e. The summed E-state index contributed by atoms with van der Waals surface area (Å²) in [6.07, 6.45) is 1.49. The van der Waals surface area contributed by atoms with Crippen LogP contribution in [0.3, 0.4) is 0 Å². The molecule has 0 spiro atoms. The number of esters is 1. The van der Waals surface area contributed by atoms with Gasteiger partial charge in [0.2, 0.25) is 0 Å². The van der Waals surface area contributed by atoms with Gasteiger partial charge in [0, 0.05) is 10.7 Å². The molecule has 0 radical (unpaired) electrons. The highest BCUT2D eigenvalue weighted by Gasteiger charge is 2.11. The Morgan fingerprint density at radius 1 is 1.00 bits per heavy atom. The molecule has 3 aromatic rings. The van der Waals surface area contributed by atoms with E-state index in [1.807, 2.05) is 18.2 Å². The maximum atomic E-state index is 12.4. The van der Waals surface area contributed by atoms with Crippen molar-refractivity contribution in [2.75, 3.05) is 12.4 Å². The zero-order chi connectivity index (χ0) is 22.9. The Hall–Kier alpha value is -4.08. The number of nitrogens with zero attached hydrogens (tertiary/aromatic N) is 1. The Bertz CT molecular complexity index is 1160. The Labute approximate surface area is 190 Å². The number of nitrogens with one attached hydrogen (secondary N) is 1. The van der Waals surface area contributed by atoms with Crippen molar-refractivity contribution in [3.8, 4) is 11.8 Å². The quantitative estimate of drug-likeness (QED) is 0.304. The minimum Gasteiger partial charge on any atom is -0.489 e. The molecule has 0 fully saturated rings. The summed E-state index contributed by atoms with van der Waals surface area (Å²) in [6.45, 7) is 0.396. The van der Waals surface area contributed by atoms with Gasteiger partial charge in [-0.05, 0) is 65.7 Å². The van der Waals surface area contributed by atoms with E-state index < -0.39 is 11.9 Å². The lowest BCUT2D eigenvalue weighted by Crippen LogP contribution is -2.13. The Kier molecular flexibility index (Phi) is 7.63. The summed E-state index contributed by atoms with van der Waals surface area (Å²) in [4.78, 5) is 23.9. The molecule has 0 heterocycles. The first-order chi connectivity index (χ1) is 15.5. The molecule has 0 aromatic heterocycles. The lowest BCUT2D eigenvalue weighted by Gasteiger charge is -2.07. The summed E-state index contributed by atoms with van der Waals surface area (Å²) in [5, 5.41) is 12.7. The highest BCUT2D eigenvalue weighted by Crippen LogP contribution is 2.18. The molecule has 1 N–H and O–H groups in total. The van der Waals surface area contributed by atoms with Crippen LogP contribution in [0.2, 0.25) is 5.02 Å². The number of rotatable bonds is 7. The number of amides is 1. The Balaban J connectivity index is 1.62. The SMILES string of the molecule is COC(=O)c1ccc(NC(=O)/C(C#N)=C/c2ccc(OCc3ccc(Cl)cc3)cc2)cc1. The van der Waals surface area contributed by atoms with Crippen LogP contribution >= 0.6 is 11.6 Å². The molecule has 0 saturated heterocycles. The second kappa shape index (κ2) is 10.8. The van der Waals surface area contributed by atoms with E-state index in [0.717, 1.165) is 5.56 Å². The lowest BCUT2D eigenvalue weighted by atomic mass is 10.1. The number of methoxy groups -OCH3 is 1. The zero-order valence-corrected chi connectivity index (χ0v) is 17.9. The molecule has 32 heavy (non-hydrogen) atoms. The van der Waals surface area contributed by atoms with Gasteiger partial charge >= 0.3 is 5.97 Å².